The summed E-state index contributed by atoms with van der Waals surface area (Å²) in [5.74, 6) is -1.28. The quantitative estimate of drug-likeness (QED) is 0.411. The van der Waals surface area contributed by atoms with Crippen molar-refractivity contribution in [1.82, 2.24) is 4.90 Å². The summed E-state index contributed by atoms with van der Waals surface area (Å²) in [6.45, 7) is 4.44. The van der Waals surface area contributed by atoms with Crippen LogP contribution in [-0.2, 0) is 9.53 Å². The van der Waals surface area contributed by atoms with Crippen LogP contribution in [0.5, 0.6) is 0 Å². The van der Waals surface area contributed by atoms with Gasteiger partial charge >= 0.3 is 11.6 Å². The molecule has 0 spiro atoms. The lowest BCUT2D eigenvalue weighted by Crippen LogP contribution is -2.39. The van der Waals surface area contributed by atoms with Gasteiger partial charge in [-0.1, -0.05) is 44.9 Å². The van der Waals surface area contributed by atoms with E-state index in [2.05, 4.69) is 6.92 Å². The van der Waals surface area contributed by atoms with Crippen LogP contribution in [0.25, 0.3) is 11.0 Å². The fourth-order valence-electron chi connectivity index (χ4n) is 2.82. The number of hydrogen-bond donors (Lipinski definition) is 0. The molecule has 140 valence electrons. The van der Waals surface area contributed by atoms with E-state index in [9.17, 15) is 14.4 Å². The molecule has 0 aliphatic heterocycles. The minimum atomic E-state index is -0.667. The Labute approximate surface area is 152 Å². The smallest absolute Gasteiger partial charge is 0.349 e. The lowest BCUT2D eigenvalue weighted by Gasteiger charge is -2.24. The SMILES string of the molecule is CCCCCN(CC(C)C(=O)OC)C(=O)c1cc2ccccc2oc1=O. The summed E-state index contributed by atoms with van der Waals surface area (Å²) in [7, 11) is 1.32. The van der Waals surface area contributed by atoms with Gasteiger partial charge in [-0.15, -0.1) is 0 Å². The highest BCUT2D eigenvalue weighted by Gasteiger charge is 2.24. The predicted molar refractivity (Wildman–Crippen MR) is 99.1 cm³/mol. The second-order valence-corrected chi connectivity index (χ2v) is 6.37. The Bertz CT molecular complexity index is 826. The molecule has 2 aromatic rings. The average Bonchev–Trinajstić information content (AvgIpc) is 2.65. The van der Waals surface area contributed by atoms with E-state index in [1.807, 2.05) is 6.07 Å². The van der Waals surface area contributed by atoms with Gasteiger partial charge in [0.15, 0.2) is 0 Å². The van der Waals surface area contributed by atoms with E-state index in [-0.39, 0.29) is 18.1 Å². The molecule has 0 aliphatic carbocycles. The molecule has 0 fully saturated rings. The second kappa shape index (κ2) is 9.17. The molecule has 26 heavy (non-hydrogen) atoms. The first kappa shape index (κ1) is 19.7. The molecule has 1 heterocycles. The number of para-hydroxylation sites is 1. The van der Waals surface area contributed by atoms with Crippen LogP contribution >= 0.6 is 0 Å². The molecule has 0 aliphatic rings. The number of fused-ring (bicyclic) bond motifs is 1. The Balaban J connectivity index is 2.30. The number of unbranched alkanes of at least 4 members (excludes halogenated alkanes) is 2. The molecule has 0 N–H and O–H groups in total. The second-order valence-electron chi connectivity index (χ2n) is 6.37. The zero-order chi connectivity index (χ0) is 19.1. The van der Waals surface area contributed by atoms with Crippen LogP contribution in [0.1, 0.15) is 43.5 Å². The summed E-state index contributed by atoms with van der Waals surface area (Å²) in [5, 5.41) is 0.685. The van der Waals surface area contributed by atoms with Gasteiger partial charge in [-0.2, -0.15) is 0 Å². The highest BCUT2D eigenvalue weighted by Crippen LogP contribution is 2.15. The maximum Gasteiger partial charge on any atom is 0.349 e. The number of amides is 1. The Morgan fingerprint density at radius 1 is 1.23 bits per heavy atom. The van der Waals surface area contributed by atoms with E-state index in [1.165, 1.54) is 12.0 Å². The number of esters is 1. The molecule has 6 nitrogen and oxygen atoms in total. The topological polar surface area (TPSA) is 76.8 Å². The Morgan fingerprint density at radius 2 is 1.96 bits per heavy atom. The van der Waals surface area contributed by atoms with E-state index in [0.29, 0.717) is 17.5 Å². The van der Waals surface area contributed by atoms with E-state index in [0.717, 1.165) is 19.3 Å². The Kier molecular flexibility index (Phi) is 6.95. The molecule has 1 atom stereocenters. The van der Waals surface area contributed by atoms with Crippen LogP contribution in [-0.4, -0.2) is 37.0 Å². The van der Waals surface area contributed by atoms with Gasteiger partial charge in [-0.25, -0.2) is 4.79 Å². The summed E-state index contributed by atoms with van der Waals surface area (Å²) in [6, 6.07) is 8.60. The van der Waals surface area contributed by atoms with Gasteiger partial charge in [0.05, 0.1) is 13.0 Å². The molecule has 1 amide bonds. The van der Waals surface area contributed by atoms with Crippen LogP contribution in [0.2, 0.25) is 0 Å². The number of rotatable bonds is 8. The molecule has 1 unspecified atom stereocenters. The fraction of sp³-hybridized carbons (Fsp3) is 0.450. The highest BCUT2D eigenvalue weighted by molar-refractivity contribution is 5.96. The van der Waals surface area contributed by atoms with Crippen LogP contribution in [0.15, 0.2) is 39.5 Å². The number of benzene rings is 1. The molecule has 0 bridgehead atoms. The van der Waals surface area contributed by atoms with Crippen LogP contribution in [0.3, 0.4) is 0 Å². The van der Waals surface area contributed by atoms with E-state index in [4.69, 9.17) is 9.15 Å². The van der Waals surface area contributed by atoms with Crippen molar-refractivity contribution in [2.24, 2.45) is 5.92 Å². The molecule has 0 saturated heterocycles. The summed E-state index contributed by atoms with van der Waals surface area (Å²) in [5.41, 5.74) is -0.244. The Hall–Kier alpha value is -2.63. The molecule has 1 aromatic heterocycles. The first-order valence-corrected chi connectivity index (χ1v) is 8.88. The molecular formula is C20H25NO5. The fourth-order valence-corrected chi connectivity index (χ4v) is 2.82. The van der Waals surface area contributed by atoms with E-state index >= 15 is 0 Å². The third-order valence-corrected chi connectivity index (χ3v) is 4.29. The number of ether oxygens (including phenoxy) is 1. The zero-order valence-corrected chi connectivity index (χ0v) is 15.5. The minimum absolute atomic E-state index is 0.0164. The third-order valence-electron chi connectivity index (χ3n) is 4.29. The van der Waals surface area contributed by atoms with Crippen molar-refractivity contribution < 1.29 is 18.7 Å². The van der Waals surface area contributed by atoms with Crippen molar-refractivity contribution in [3.8, 4) is 0 Å². The maximum absolute atomic E-state index is 13.0. The highest BCUT2D eigenvalue weighted by atomic mass is 16.5. The summed E-state index contributed by atoms with van der Waals surface area (Å²) >= 11 is 0. The van der Waals surface area contributed by atoms with Crippen molar-refractivity contribution in [3.63, 3.8) is 0 Å². The summed E-state index contributed by atoms with van der Waals surface area (Å²) in [4.78, 5) is 38.5. The van der Waals surface area contributed by atoms with Crippen LogP contribution < -0.4 is 5.63 Å². The van der Waals surface area contributed by atoms with Crippen molar-refractivity contribution in [1.29, 1.82) is 0 Å². The number of carbonyl (C=O) groups excluding carboxylic acids is 2. The van der Waals surface area contributed by atoms with Crippen molar-refractivity contribution in [2.75, 3.05) is 20.2 Å². The van der Waals surface area contributed by atoms with E-state index in [1.54, 1.807) is 31.2 Å². The van der Waals surface area contributed by atoms with Gasteiger partial charge in [-0.3, -0.25) is 9.59 Å². The van der Waals surface area contributed by atoms with Gasteiger partial charge in [0.2, 0.25) is 0 Å². The van der Waals surface area contributed by atoms with Gasteiger partial charge < -0.3 is 14.1 Å². The lowest BCUT2D eigenvalue weighted by molar-refractivity contribution is -0.145. The molecule has 0 saturated carbocycles. The number of methoxy groups -OCH3 is 1. The molecule has 6 heteroatoms. The summed E-state index contributed by atoms with van der Waals surface area (Å²) < 4.78 is 10.0. The Morgan fingerprint density at radius 3 is 2.65 bits per heavy atom. The maximum atomic E-state index is 13.0. The molecular weight excluding hydrogens is 334 g/mol. The standard InChI is InChI=1S/C20H25NO5/c1-4-5-8-11-21(13-14(2)19(23)25-3)18(22)16-12-15-9-6-7-10-17(15)26-20(16)24/h6-7,9-10,12,14H,4-5,8,11,13H2,1-3H3. The monoisotopic (exact) mass is 359 g/mol. The van der Waals surface area contributed by atoms with Crippen molar-refractivity contribution in [2.45, 2.75) is 33.1 Å². The summed E-state index contributed by atoms with van der Waals surface area (Å²) in [6.07, 6.45) is 2.77. The molecule has 0 radical (unpaired) electrons. The average molecular weight is 359 g/mol. The predicted octanol–water partition coefficient (Wildman–Crippen LogP) is 3.23. The van der Waals surface area contributed by atoms with Crippen LogP contribution in [0.4, 0.5) is 0 Å². The van der Waals surface area contributed by atoms with Gasteiger partial charge in [0.1, 0.15) is 11.1 Å². The van der Waals surface area contributed by atoms with Crippen LogP contribution in [0, 0.1) is 5.92 Å². The first-order chi connectivity index (χ1) is 12.5. The first-order valence-electron chi connectivity index (χ1n) is 8.88. The van der Waals surface area contributed by atoms with Gasteiger partial charge in [0, 0.05) is 18.5 Å². The van der Waals surface area contributed by atoms with E-state index < -0.39 is 17.5 Å². The number of hydrogen-bond acceptors (Lipinski definition) is 5. The zero-order valence-electron chi connectivity index (χ0n) is 15.5. The van der Waals surface area contributed by atoms with Crippen molar-refractivity contribution in [3.05, 3.63) is 46.3 Å². The minimum Gasteiger partial charge on any atom is -0.469 e. The largest absolute Gasteiger partial charge is 0.469 e. The van der Waals surface area contributed by atoms with Gasteiger partial charge in [0.25, 0.3) is 5.91 Å². The number of nitrogens with zero attached hydrogens (tertiary/aromatic N) is 1. The lowest BCUT2D eigenvalue weighted by atomic mass is 10.1. The number of carbonyl (C=O) groups is 2. The molecule has 1 aromatic carbocycles. The van der Waals surface area contributed by atoms with Gasteiger partial charge in [-0.05, 0) is 18.6 Å². The molecule has 2 rings (SSSR count). The normalized spacial score (nSPS) is 12.0. The van der Waals surface area contributed by atoms with Crippen molar-refractivity contribution >= 4 is 22.8 Å². The third kappa shape index (κ3) is 4.71.